The van der Waals surface area contributed by atoms with Crippen molar-refractivity contribution in [1.29, 1.82) is 0 Å². The minimum Gasteiger partial charge on any atom is -0.325 e. The molecule has 2 aromatic carbocycles. The Morgan fingerprint density at radius 3 is 2.30 bits per heavy atom. The first-order chi connectivity index (χ1) is 9.56. The monoisotopic (exact) mass is 305 g/mol. The summed E-state index contributed by atoms with van der Waals surface area (Å²) in [4.78, 5) is 13.0. The van der Waals surface area contributed by atoms with Gasteiger partial charge in [-0.2, -0.15) is 0 Å². The quantitative estimate of drug-likeness (QED) is 0.830. The predicted molar refractivity (Wildman–Crippen MR) is 86.7 cm³/mol. The first-order valence-corrected chi connectivity index (χ1v) is 7.67. The molecule has 0 aromatic heterocycles. The van der Waals surface area contributed by atoms with Crippen LogP contribution in [0.3, 0.4) is 0 Å². The number of aryl methyl sites for hydroxylation is 2. The number of thioether (sulfide) groups is 1. The van der Waals surface area contributed by atoms with Crippen molar-refractivity contribution in [3.05, 3.63) is 58.6 Å². The van der Waals surface area contributed by atoms with Gasteiger partial charge in [0.05, 0.1) is 5.75 Å². The van der Waals surface area contributed by atoms with E-state index in [-0.39, 0.29) is 5.91 Å². The fraction of sp³-hybridized carbons (Fsp3) is 0.188. The van der Waals surface area contributed by atoms with Crippen LogP contribution in [0.5, 0.6) is 0 Å². The molecule has 0 fully saturated rings. The molecule has 0 heterocycles. The van der Waals surface area contributed by atoms with Gasteiger partial charge in [0.2, 0.25) is 5.91 Å². The highest BCUT2D eigenvalue weighted by atomic mass is 35.5. The number of carbonyl (C=O) groups excluding carboxylic acids is 1. The summed E-state index contributed by atoms with van der Waals surface area (Å²) in [6, 6.07) is 13.5. The lowest BCUT2D eigenvalue weighted by atomic mass is 10.1. The number of carbonyl (C=O) groups is 1. The molecule has 0 aliphatic rings. The second kappa shape index (κ2) is 6.82. The molecule has 0 unspecified atom stereocenters. The van der Waals surface area contributed by atoms with E-state index in [0.29, 0.717) is 10.8 Å². The van der Waals surface area contributed by atoms with Gasteiger partial charge in [-0.15, -0.1) is 11.8 Å². The van der Waals surface area contributed by atoms with Crippen LogP contribution < -0.4 is 5.32 Å². The van der Waals surface area contributed by atoms with Crippen molar-refractivity contribution in [2.75, 3.05) is 11.1 Å². The molecule has 0 aliphatic heterocycles. The topological polar surface area (TPSA) is 29.1 Å². The SMILES string of the molecule is Cc1cccc(C)c1NC(=O)CSc1ccc(Cl)cc1. The zero-order chi connectivity index (χ0) is 14.5. The number of halogens is 1. The smallest absolute Gasteiger partial charge is 0.234 e. The summed E-state index contributed by atoms with van der Waals surface area (Å²) in [7, 11) is 0. The maximum atomic E-state index is 12.0. The van der Waals surface area contributed by atoms with Gasteiger partial charge in [-0.1, -0.05) is 29.8 Å². The predicted octanol–water partition coefficient (Wildman–Crippen LogP) is 4.69. The lowest BCUT2D eigenvalue weighted by Crippen LogP contribution is -2.15. The molecule has 20 heavy (non-hydrogen) atoms. The Balaban J connectivity index is 1.94. The van der Waals surface area contributed by atoms with Crippen molar-refractivity contribution >= 4 is 35.0 Å². The summed E-state index contributed by atoms with van der Waals surface area (Å²) in [5, 5.41) is 3.68. The van der Waals surface area contributed by atoms with Crippen molar-refractivity contribution < 1.29 is 4.79 Å². The highest BCUT2D eigenvalue weighted by Crippen LogP contribution is 2.22. The van der Waals surface area contributed by atoms with E-state index in [1.165, 1.54) is 11.8 Å². The van der Waals surface area contributed by atoms with Gasteiger partial charge in [0, 0.05) is 15.6 Å². The van der Waals surface area contributed by atoms with E-state index in [4.69, 9.17) is 11.6 Å². The van der Waals surface area contributed by atoms with Gasteiger partial charge in [-0.25, -0.2) is 0 Å². The van der Waals surface area contributed by atoms with Gasteiger partial charge in [-0.05, 0) is 49.2 Å². The van der Waals surface area contributed by atoms with Crippen LogP contribution in [0.2, 0.25) is 5.02 Å². The van der Waals surface area contributed by atoms with Gasteiger partial charge in [0.15, 0.2) is 0 Å². The number of benzene rings is 2. The molecule has 0 atom stereocenters. The van der Waals surface area contributed by atoms with Crippen LogP contribution in [0.4, 0.5) is 5.69 Å². The Bertz CT molecular complexity index is 590. The maximum Gasteiger partial charge on any atom is 0.234 e. The van der Waals surface area contributed by atoms with E-state index in [9.17, 15) is 4.79 Å². The van der Waals surface area contributed by atoms with Crippen molar-refractivity contribution in [1.82, 2.24) is 0 Å². The molecular formula is C16H16ClNOS. The molecule has 1 amide bonds. The second-order valence-corrected chi connectivity index (χ2v) is 6.04. The number of amides is 1. The van der Waals surface area contributed by atoms with Crippen LogP contribution in [0.25, 0.3) is 0 Å². The minimum atomic E-state index is 0.00218. The Kier molecular flexibility index (Phi) is 5.10. The van der Waals surface area contributed by atoms with Crippen LogP contribution in [0.15, 0.2) is 47.4 Å². The summed E-state index contributed by atoms with van der Waals surface area (Å²) in [5.41, 5.74) is 3.07. The second-order valence-electron chi connectivity index (χ2n) is 4.56. The first kappa shape index (κ1) is 14.9. The Labute approximate surface area is 128 Å². The Morgan fingerprint density at radius 2 is 1.70 bits per heavy atom. The standard InChI is InChI=1S/C16H16ClNOS/c1-11-4-3-5-12(2)16(11)18-15(19)10-20-14-8-6-13(17)7-9-14/h3-9H,10H2,1-2H3,(H,18,19). The molecule has 0 bridgehead atoms. The number of rotatable bonds is 4. The van der Waals surface area contributed by atoms with Crippen LogP contribution in [-0.2, 0) is 4.79 Å². The van der Waals surface area contributed by atoms with Gasteiger partial charge in [0.25, 0.3) is 0 Å². The van der Waals surface area contributed by atoms with Gasteiger partial charge in [-0.3, -0.25) is 4.79 Å². The average Bonchev–Trinajstić information content (AvgIpc) is 2.42. The minimum absolute atomic E-state index is 0.00218. The number of nitrogens with one attached hydrogen (secondary N) is 1. The fourth-order valence-electron chi connectivity index (χ4n) is 1.87. The van der Waals surface area contributed by atoms with Gasteiger partial charge in [0.1, 0.15) is 0 Å². The average molecular weight is 306 g/mol. The zero-order valence-electron chi connectivity index (χ0n) is 11.4. The van der Waals surface area contributed by atoms with Gasteiger partial charge < -0.3 is 5.32 Å². The maximum absolute atomic E-state index is 12.0. The third-order valence-corrected chi connectivity index (χ3v) is 4.19. The molecule has 2 rings (SSSR count). The lowest BCUT2D eigenvalue weighted by molar-refractivity contribution is -0.113. The molecule has 2 aromatic rings. The molecule has 2 nitrogen and oxygen atoms in total. The van der Waals surface area contributed by atoms with Gasteiger partial charge >= 0.3 is 0 Å². The Hall–Kier alpha value is -1.45. The molecule has 0 radical (unpaired) electrons. The highest BCUT2D eigenvalue weighted by molar-refractivity contribution is 8.00. The molecule has 0 aliphatic carbocycles. The van der Waals surface area contributed by atoms with Crippen LogP contribution >= 0.6 is 23.4 Å². The van der Waals surface area contributed by atoms with E-state index in [1.54, 1.807) is 0 Å². The molecule has 1 N–H and O–H groups in total. The molecule has 4 heteroatoms. The number of anilines is 1. The molecule has 0 saturated carbocycles. The number of hydrogen-bond donors (Lipinski definition) is 1. The Morgan fingerprint density at radius 1 is 1.10 bits per heavy atom. The summed E-state index contributed by atoms with van der Waals surface area (Å²) in [6.45, 7) is 3.99. The number of para-hydroxylation sites is 1. The third kappa shape index (κ3) is 4.02. The summed E-state index contributed by atoms with van der Waals surface area (Å²) >= 11 is 7.33. The van der Waals surface area contributed by atoms with E-state index >= 15 is 0 Å². The van der Waals surface area contributed by atoms with E-state index in [1.807, 2.05) is 56.3 Å². The van der Waals surface area contributed by atoms with E-state index in [0.717, 1.165) is 21.7 Å². The van der Waals surface area contributed by atoms with E-state index < -0.39 is 0 Å². The highest BCUT2D eigenvalue weighted by Gasteiger charge is 2.07. The third-order valence-electron chi connectivity index (χ3n) is 2.93. The first-order valence-electron chi connectivity index (χ1n) is 6.30. The van der Waals surface area contributed by atoms with E-state index in [2.05, 4.69) is 5.32 Å². The lowest BCUT2D eigenvalue weighted by Gasteiger charge is -2.11. The fourth-order valence-corrected chi connectivity index (χ4v) is 2.69. The zero-order valence-corrected chi connectivity index (χ0v) is 13.0. The number of hydrogen-bond acceptors (Lipinski definition) is 2. The molecule has 104 valence electrons. The normalized spacial score (nSPS) is 10.3. The van der Waals surface area contributed by atoms with Crippen LogP contribution in [0.1, 0.15) is 11.1 Å². The van der Waals surface area contributed by atoms with Crippen molar-refractivity contribution in [2.24, 2.45) is 0 Å². The summed E-state index contributed by atoms with van der Waals surface area (Å²) in [6.07, 6.45) is 0. The van der Waals surface area contributed by atoms with Crippen molar-refractivity contribution in [3.63, 3.8) is 0 Å². The summed E-state index contributed by atoms with van der Waals surface area (Å²) < 4.78 is 0. The molecular weight excluding hydrogens is 290 g/mol. The molecule has 0 spiro atoms. The van der Waals surface area contributed by atoms with Crippen molar-refractivity contribution in [2.45, 2.75) is 18.7 Å². The van der Waals surface area contributed by atoms with Crippen molar-refractivity contribution in [3.8, 4) is 0 Å². The molecule has 0 saturated heterocycles. The van der Waals surface area contributed by atoms with Crippen LogP contribution in [-0.4, -0.2) is 11.7 Å². The van der Waals surface area contributed by atoms with Crippen LogP contribution in [0, 0.1) is 13.8 Å². The largest absolute Gasteiger partial charge is 0.325 e. The summed E-state index contributed by atoms with van der Waals surface area (Å²) in [5.74, 6) is 0.387.